The zero-order valence-electron chi connectivity index (χ0n) is 24.4. The Morgan fingerprint density at radius 2 is 1.86 bits per heavy atom. The van der Waals surface area contributed by atoms with Gasteiger partial charge in [-0.2, -0.15) is 0 Å². The Labute approximate surface area is 259 Å². The first-order chi connectivity index (χ1) is 21.3. The van der Waals surface area contributed by atoms with Crippen LogP contribution in [0.1, 0.15) is 6.92 Å². The lowest BCUT2D eigenvalue weighted by atomic mass is 10.1. The SMILES string of the molecule is COc1cc2c(Oc3ccc(N(C(C)=O)C(=S)Nc4ccccc4)cc3F)ccnc2cc1OCC(O)CN1CCOCC1. The van der Waals surface area contributed by atoms with Crippen LogP contribution in [0.25, 0.3) is 10.9 Å². The number of pyridine rings is 1. The number of aromatic nitrogens is 1. The van der Waals surface area contributed by atoms with Gasteiger partial charge in [0.2, 0.25) is 5.91 Å². The van der Waals surface area contributed by atoms with Gasteiger partial charge in [-0.15, -0.1) is 0 Å². The van der Waals surface area contributed by atoms with E-state index in [4.69, 9.17) is 31.2 Å². The highest BCUT2D eigenvalue weighted by Crippen LogP contribution is 2.38. The van der Waals surface area contributed by atoms with Crippen molar-refractivity contribution in [3.05, 3.63) is 78.7 Å². The number of hydrogen-bond acceptors (Lipinski definition) is 9. The van der Waals surface area contributed by atoms with Crippen molar-refractivity contribution in [3.8, 4) is 23.0 Å². The molecule has 5 rings (SSSR count). The topological polar surface area (TPSA) is 106 Å². The number of nitrogens with zero attached hydrogens (tertiary/aromatic N) is 3. The third-order valence-electron chi connectivity index (χ3n) is 6.93. The van der Waals surface area contributed by atoms with Gasteiger partial charge in [0.15, 0.2) is 28.2 Å². The number of β-amino-alcohol motifs (C(OH)–C–C–N with tert-alkyl or cyclic N) is 1. The number of methoxy groups -OCH3 is 1. The standard InChI is InChI=1S/C32H33FN4O6S/c1-21(38)37(32(44)35-22-6-4-3-5-7-22)23-8-9-29(26(33)16-23)43-28-10-11-34-27-18-31(30(40-2)17-25(27)28)42-20-24(39)19-36-12-14-41-15-13-36/h3-11,16-18,24,39H,12-15,19-20H2,1-2H3,(H,35,44). The van der Waals surface area contributed by atoms with Crippen molar-refractivity contribution in [2.45, 2.75) is 13.0 Å². The molecule has 0 saturated carbocycles. The van der Waals surface area contributed by atoms with Crippen molar-refractivity contribution in [1.82, 2.24) is 9.88 Å². The quantitative estimate of drug-likeness (QED) is 0.236. The van der Waals surface area contributed by atoms with Crippen molar-refractivity contribution in [3.63, 3.8) is 0 Å². The number of carbonyl (C=O) groups excluding carboxylic acids is 1. The van der Waals surface area contributed by atoms with Crippen LogP contribution in [0.4, 0.5) is 15.8 Å². The van der Waals surface area contributed by atoms with Crippen molar-refractivity contribution in [2.75, 3.05) is 56.8 Å². The minimum absolute atomic E-state index is 0.0581. The van der Waals surface area contributed by atoms with Crippen LogP contribution >= 0.6 is 12.2 Å². The number of halogens is 1. The second-order valence-electron chi connectivity index (χ2n) is 10.1. The van der Waals surface area contributed by atoms with E-state index in [0.29, 0.717) is 53.6 Å². The monoisotopic (exact) mass is 620 g/mol. The fourth-order valence-electron chi connectivity index (χ4n) is 4.78. The Morgan fingerprint density at radius 3 is 2.57 bits per heavy atom. The minimum Gasteiger partial charge on any atom is -0.493 e. The number of rotatable bonds is 10. The normalized spacial score (nSPS) is 14.1. The third kappa shape index (κ3) is 7.58. The van der Waals surface area contributed by atoms with Gasteiger partial charge in [0.1, 0.15) is 18.5 Å². The highest BCUT2D eigenvalue weighted by Gasteiger charge is 2.21. The maximum Gasteiger partial charge on any atom is 0.230 e. The average Bonchev–Trinajstić information content (AvgIpc) is 3.02. The first kappa shape index (κ1) is 31.1. The molecule has 1 atom stereocenters. The number of fused-ring (bicyclic) bond motifs is 1. The van der Waals surface area contributed by atoms with Gasteiger partial charge in [0.05, 0.1) is 31.5 Å². The zero-order valence-corrected chi connectivity index (χ0v) is 25.2. The molecule has 44 heavy (non-hydrogen) atoms. The Morgan fingerprint density at radius 1 is 1.09 bits per heavy atom. The van der Waals surface area contributed by atoms with Gasteiger partial charge >= 0.3 is 0 Å². The van der Waals surface area contributed by atoms with Crippen molar-refractivity contribution >= 4 is 45.5 Å². The van der Waals surface area contributed by atoms with E-state index in [9.17, 15) is 9.90 Å². The Kier molecular flexibility index (Phi) is 10.2. The number of nitrogens with one attached hydrogen (secondary N) is 1. The van der Waals surface area contributed by atoms with Gasteiger partial charge < -0.3 is 29.4 Å². The molecule has 1 unspecified atom stereocenters. The molecule has 1 amide bonds. The molecule has 2 N–H and O–H groups in total. The van der Waals surface area contributed by atoms with E-state index in [1.54, 1.807) is 42.6 Å². The molecular formula is C32H33FN4O6S. The van der Waals surface area contributed by atoms with Gasteiger partial charge in [-0.3, -0.25) is 19.6 Å². The average molecular weight is 621 g/mol. The van der Waals surface area contributed by atoms with Gasteiger partial charge in [-0.25, -0.2) is 4.39 Å². The number of anilines is 2. The molecule has 0 bridgehead atoms. The molecule has 1 aromatic heterocycles. The molecule has 0 radical (unpaired) electrons. The van der Waals surface area contributed by atoms with Crippen LogP contribution < -0.4 is 24.4 Å². The zero-order chi connectivity index (χ0) is 31.1. The number of aliphatic hydroxyl groups is 1. The number of carbonyl (C=O) groups is 1. The lowest BCUT2D eigenvalue weighted by Gasteiger charge is -2.28. The molecule has 1 fully saturated rings. The van der Waals surface area contributed by atoms with Gasteiger partial charge in [0, 0.05) is 56.0 Å². The number of hydrogen-bond donors (Lipinski definition) is 2. The van der Waals surface area contributed by atoms with Gasteiger partial charge in [-0.05, 0) is 48.6 Å². The third-order valence-corrected chi connectivity index (χ3v) is 7.21. The van der Waals surface area contributed by atoms with E-state index < -0.39 is 11.9 Å². The van der Waals surface area contributed by atoms with Crippen LogP contribution in [0.2, 0.25) is 0 Å². The summed E-state index contributed by atoms with van der Waals surface area (Å²) >= 11 is 5.44. The maximum atomic E-state index is 15.4. The summed E-state index contributed by atoms with van der Waals surface area (Å²) in [7, 11) is 1.51. The van der Waals surface area contributed by atoms with E-state index in [0.717, 1.165) is 13.1 Å². The molecule has 3 aromatic carbocycles. The number of para-hydroxylation sites is 1. The van der Waals surface area contributed by atoms with Gasteiger partial charge in [0.25, 0.3) is 0 Å². The summed E-state index contributed by atoms with van der Waals surface area (Å²) in [4.78, 5) is 20.2. The summed E-state index contributed by atoms with van der Waals surface area (Å²) in [6, 6.07) is 18.3. The predicted octanol–water partition coefficient (Wildman–Crippen LogP) is 5.00. The number of morpholine rings is 1. The molecule has 1 saturated heterocycles. The van der Waals surface area contributed by atoms with Crippen LogP contribution in [-0.4, -0.2) is 78.7 Å². The van der Waals surface area contributed by atoms with E-state index >= 15 is 4.39 Å². The van der Waals surface area contributed by atoms with Crippen molar-refractivity contribution in [1.29, 1.82) is 0 Å². The second kappa shape index (κ2) is 14.4. The Balaban J connectivity index is 1.32. The number of thiocarbonyl (C=S) groups is 1. The Hall–Kier alpha value is -4.36. The molecule has 0 spiro atoms. The van der Waals surface area contributed by atoms with E-state index in [1.165, 1.54) is 31.1 Å². The summed E-state index contributed by atoms with van der Waals surface area (Å²) in [5.74, 6) is 0.0143. The summed E-state index contributed by atoms with van der Waals surface area (Å²) < 4.78 is 38.2. The smallest absolute Gasteiger partial charge is 0.230 e. The van der Waals surface area contributed by atoms with Crippen LogP contribution in [0.3, 0.4) is 0 Å². The molecule has 0 aliphatic carbocycles. The lowest BCUT2D eigenvalue weighted by molar-refractivity contribution is -0.115. The maximum absolute atomic E-state index is 15.4. The highest BCUT2D eigenvalue weighted by molar-refractivity contribution is 7.80. The summed E-state index contributed by atoms with van der Waals surface area (Å²) in [6.07, 6.45) is 0.836. The number of aliphatic hydroxyl groups excluding tert-OH is 1. The molecule has 10 nitrogen and oxygen atoms in total. The molecule has 4 aromatic rings. The highest BCUT2D eigenvalue weighted by atomic mass is 32.1. The summed E-state index contributed by atoms with van der Waals surface area (Å²) in [6.45, 7) is 4.70. The molecule has 2 heterocycles. The fourth-order valence-corrected chi connectivity index (χ4v) is 5.14. The number of benzene rings is 3. The Bertz CT molecular complexity index is 1620. The molecule has 1 aliphatic rings. The van der Waals surface area contributed by atoms with Crippen LogP contribution in [0, 0.1) is 5.82 Å². The number of ether oxygens (including phenoxy) is 4. The van der Waals surface area contributed by atoms with Crippen molar-refractivity contribution < 1.29 is 33.2 Å². The van der Waals surface area contributed by atoms with Crippen LogP contribution in [0.5, 0.6) is 23.0 Å². The number of amides is 1. The lowest BCUT2D eigenvalue weighted by Crippen LogP contribution is -2.42. The minimum atomic E-state index is -0.704. The van der Waals surface area contributed by atoms with E-state index in [1.807, 2.05) is 18.2 Å². The van der Waals surface area contributed by atoms with E-state index in [2.05, 4.69) is 15.2 Å². The molecule has 230 valence electrons. The summed E-state index contributed by atoms with van der Waals surface area (Å²) in [5, 5.41) is 14.2. The van der Waals surface area contributed by atoms with Crippen LogP contribution in [0.15, 0.2) is 72.9 Å². The molecular weight excluding hydrogens is 587 g/mol. The second-order valence-corrected chi connectivity index (χ2v) is 10.5. The van der Waals surface area contributed by atoms with E-state index in [-0.39, 0.29) is 29.1 Å². The predicted molar refractivity (Wildman–Crippen MR) is 169 cm³/mol. The largest absolute Gasteiger partial charge is 0.493 e. The first-order valence-electron chi connectivity index (χ1n) is 14.0. The first-order valence-corrected chi connectivity index (χ1v) is 14.4. The molecule has 1 aliphatic heterocycles. The van der Waals surface area contributed by atoms with Crippen molar-refractivity contribution in [2.24, 2.45) is 0 Å². The summed E-state index contributed by atoms with van der Waals surface area (Å²) in [5.41, 5.74) is 1.47. The van der Waals surface area contributed by atoms with Gasteiger partial charge in [-0.1, -0.05) is 18.2 Å². The van der Waals surface area contributed by atoms with Crippen LogP contribution in [-0.2, 0) is 9.53 Å². The molecule has 12 heteroatoms. The fraction of sp³-hybridized carbons (Fsp3) is 0.281.